The number of hydrogen-bond acceptors (Lipinski definition) is 10. The van der Waals surface area contributed by atoms with E-state index in [9.17, 15) is 13.2 Å². The van der Waals surface area contributed by atoms with Gasteiger partial charge in [-0.15, -0.1) is 11.3 Å². The zero-order chi connectivity index (χ0) is 25.9. The highest BCUT2D eigenvalue weighted by Crippen LogP contribution is 2.39. The number of aromatic nitrogens is 4. The fourth-order valence-electron chi connectivity index (χ4n) is 3.67. The predicted molar refractivity (Wildman–Crippen MR) is 138 cm³/mol. The molecule has 3 heterocycles. The number of ether oxygens (including phenoxy) is 1. The Morgan fingerprint density at radius 2 is 2.08 bits per heavy atom. The van der Waals surface area contributed by atoms with Crippen molar-refractivity contribution in [3.63, 3.8) is 0 Å². The van der Waals surface area contributed by atoms with Crippen LogP contribution in [0.5, 0.6) is 5.88 Å². The Morgan fingerprint density at radius 3 is 2.75 bits per heavy atom. The third-order valence-electron chi connectivity index (χ3n) is 5.56. The smallest absolute Gasteiger partial charge is 0.277 e. The first kappa shape index (κ1) is 25.9. The minimum atomic E-state index is -3.43. The highest BCUT2D eigenvalue weighted by atomic mass is 32.2. The first-order valence-corrected chi connectivity index (χ1v) is 13.9. The molecule has 13 heteroatoms. The summed E-state index contributed by atoms with van der Waals surface area (Å²) in [6, 6.07) is 3.34. The lowest BCUT2D eigenvalue weighted by Gasteiger charge is -2.19. The molecule has 0 aliphatic heterocycles. The lowest BCUT2D eigenvalue weighted by atomic mass is 9.94. The summed E-state index contributed by atoms with van der Waals surface area (Å²) in [4.78, 5) is 32.7. The number of nitrogens with one attached hydrogen (secondary N) is 1. The highest BCUT2D eigenvalue weighted by Gasteiger charge is 2.36. The van der Waals surface area contributed by atoms with Crippen LogP contribution in [0.2, 0.25) is 0 Å². The molecule has 192 valence electrons. The van der Waals surface area contributed by atoms with E-state index < -0.39 is 15.9 Å². The number of nitrogens with two attached hydrogens (primary N) is 1. The molecular weight excluding hydrogens is 502 g/mol. The molecular formula is C23H29N7O4S2. The van der Waals surface area contributed by atoms with Gasteiger partial charge in [0.25, 0.3) is 5.91 Å². The summed E-state index contributed by atoms with van der Waals surface area (Å²) in [5.74, 6) is -0.657. The monoisotopic (exact) mass is 531 g/mol. The Bertz CT molecular complexity index is 1340. The molecule has 1 unspecified atom stereocenters. The molecule has 36 heavy (non-hydrogen) atoms. The molecule has 3 N–H and O–H groups in total. The summed E-state index contributed by atoms with van der Waals surface area (Å²) < 4.78 is 33.2. The molecule has 1 aliphatic rings. The van der Waals surface area contributed by atoms with Crippen molar-refractivity contribution in [3.8, 4) is 16.5 Å². The maximum Gasteiger partial charge on any atom is 0.277 e. The first-order valence-electron chi connectivity index (χ1n) is 11.6. The Morgan fingerprint density at radius 1 is 1.31 bits per heavy atom. The minimum absolute atomic E-state index is 0.143. The van der Waals surface area contributed by atoms with Crippen LogP contribution >= 0.6 is 11.3 Å². The normalized spacial score (nSPS) is 14.6. The number of hydrogen-bond donors (Lipinski definition) is 2. The zero-order valence-electron chi connectivity index (χ0n) is 20.3. The number of pyridine rings is 1. The maximum absolute atomic E-state index is 12.5. The number of thiazole rings is 1. The van der Waals surface area contributed by atoms with Crippen molar-refractivity contribution in [2.75, 3.05) is 32.0 Å². The van der Waals surface area contributed by atoms with Gasteiger partial charge in [0.2, 0.25) is 15.9 Å². The molecule has 0 spiro atoms. The number of anilines is 1. The van der Waals surface area contributed by atoms with Crippen molar-refractivity contribution in [2.45, 2.75) is 37.4 Å². The Balaban J connectivity index is 1.79. The summed E-state index contributed by atoms with van der Waals surface area (Å²) in [5, 5.41) is -0.206. The fourth-order valence-corrected chi connectivity index (χ4v) is 5.98. The molecule has 1 fully saturated rings. The summed E-state index contributed by atoms with van der Waals surface area (Å²) in [6.07, 6.45) is 6.60. The second-order valence-corrected chi connectivity index (χ2v) is 11.7. The van der Waals surface area contributed by atoms with Crippen LogP contribution in [-0.4, -0.2) is 71.7 Å². The van der Waals surface area contributed by atoms with E-state index in [2.05, 4.69) is 24.7 Å². The molecule has 0 aromatic carbocycles. The molecule has 1 saturated carbocycles. The van der Waals surface area contributed by atoms with Crippen molar-refractivity contribution in [2.24, 2.45) is 5.73 Å². The van der Waals surface area contributed by atoms with Crippen LogP contribution in [0.4, 0.5) is 5.69 Å². The maximum atomic E-state index is 12.5. The molecule has 1 aliphatic carbocycles. The van der Waals surface area contributed by atoms with Crippen LogP contribution < -0.4 is 15.2 Å². The number of primary amides is 1. The number of carbonyl (C=O) groups is 1. The standard InChI is InChI=1S/C23H29N7O4S2/c1-4-34-19-13-25-12-18(27-19)21-20(28-23(35-21)22(24)31)16(8-10-30(2)3)17-11-14(7-9-26-17)29-36(32,33)15-5-6-15/h7,9,11-13,15-16H,4-6,8,10H2,1-3H3,(H2,24,31)(H,26,29). The van der Waals surface area contributed by atoms with Gasteiger partial charge in [0.05, 0.1) is 46.2 Å². The second-order valence-electron chi connectivity index (χ2n) is 8.73. The van der Waals surface area contributed by atoms with Gasteiger partial charge < -0.3 is 15.4 Å². The van der Waals surface area contributed by atoms with Gasteiger partial charge >= 0.3 is 0 Å². The van der Waals surface area contributed by atoms with E-state index in [1.807, 2.05) is 25.9 Å². The van der Waals surface area contributed by atoms with Gasteiger partial charge in [-0.25, -0.2) is 18.4 Å². The van der Waals surface area contributed by atoms with Gasteiger partial charge in [0.15, 0.2) is 5.01 Å². The molecule has 11 nitrogen and oxygen atoms in total. The Labute approximate surface area is 214 Å². The van der Waals surface area contributed by atoms with E-state index in [4.69, 9.17) is 10.5 Å². The van der Waals surface area contributed by atoms with E-state index in [0.29, 0.717) is 65.9 Å². The largest absolute Gasteiger partial charge is 0.477 e. The molecule has 0 saturated heterocycles. The van der Waals surface area contributed by atoms with E-state index in [-0.39, 0.29) is 16.2 Å². The molecule has 1 atom stereocenters. The summed E-state index contributed by atoms with van der Waals surface area (Å²) in [5.41, 5.74) is 7.72. The van der Waals surface area contributed by atoms with Crippen molar-refractivity contribution in [1.82, 2.24) is 24.8 Å². The molecule has 0 radical (unpaired) electrons. The summed E-state index contributed by atoms with van der Waals surface area (Å²) in [6.45, 7) is 2.97. The van der Waals surface area contributed by atoms with Crippen LogP contribution in [0.1, 0.15) is 53.3 Å². The third-order valence-corrected chi connectivity index (χ3v) is 8.54. The number of nitrogens with zero attached hydrogens (tertiary/aromatic N) is 5. The van der Waals surface area contributed by atoms with Crippen molar-refractivity contribution in [1.29, 1.82) is 0 Å². The van der Waals surface area contributed by atoms with Crippen molar-refractivity contribution >= 4 is 33.0 Å². The van der Waals surface area contributed by atoms with Crippen molar-refractivity contribution in [3.05, 3.63) is 47.1 Å². The lowest BCUT2D eigenvalue weighted by molar-refractivity contribution is 0.0999. The van der Waals surface area contributed by atoms with Crippen LogP contribution in [0.15, 0.2) is 30.7 Å². The average Bonchev–Trinajstić information content (AvgIpc) is 3.60. The summed E-state index contributed by atoms with van der Waals surface area (Å²) in [7, 11) is 0.479. The van der Waals surface area contributed by atoms with Crippen LogP contribution in [0.3, 0.4) is 0 Å². The Kier molecular flexibility index (Phi) is 7.81. The topological polar surface area (TPSA) is 153 Å². The van der Waals surface area contributed by atoms with Crippen LogP contribution in [0.25, 0.3) is 10.6 Å². The van der Waals surface area contributed by atoms with E-state index >= 15 is 0 Å². The van der Waals surface area contributed by atoms with Gasteiger partial charge in [-0.1, -0.05) is 0 Å². The van der Waals surface area contributed by atoms with Gasteiger partial charge in [-0.05, 0) is 59.0 Å². The van der Waals surface area contributed by atoms with Gasteiger partial charge in [-0.2, -0.15) is 0 Å². The second kappa shape index (κ2) is 10.8. The number of amides is 1. The van der Waals surface area contributed by atoms with Gasteiger partial charge in [0.1, 0.15) is 5.69 Å². The number of rotatable bonds is 12. The van der Waals surface area contributed by atoms with E-state index in [1.54, 1.807) is 24.5 Å². The molecule has 0 bridgehead atoms. The lowest BCUT2D eigenvalue weighted by Crippen LogP contribution is -2.19. The van der Waals surface area contributed by atoms with Crippen LogP contribution in [0, 0.1) is 0 Å². The Hall–Kier alpha value is -3.16. The van der Waals surface area contributed by atoms with Gasteiger partial charge in [-0.3, -0.25) is 19.5 Å². The first-order chi connectivity index (χ1) is 17.2. The molecule has 3 aromatic heterocycles. The third kappa shape index (κ3) is 6.15. The van der Waals surface area contributed by atoms with E-state index in [0.717, 1.165) is 11.3 Å². The highest BCUT2D eigenvalue weighted by molar-refractivity contribution is 7.93. The number of sulfonamides is 1. The van der Waals surface area contributed by atoms with Gasteiger partial charge in [0, 0.05) is 12.1 Å². The molecule has 4 rings (SSSR count). The average molecular weight is 532 g/mol. The minimum Gasteiger partial charge on any atom is -0.477 e. The SMILES string of the molecule is CCOc1cncc(-c2sc(C(N)=O)nc2C(CCN(C)C)c2cc(NS(=O)(=O)C3CC3)ccn2)n1. The summed E-state index contributed by atoms with van der Waals surface area (Å²) >= 11 is 1.13. The zero-order valence-corrected chi connectivity index (χ0v) is 22.0. The molecule has 1 amide bonds. The quantitative estimate of drug-likeness (QED) is 0.359. The van der Waals surface area contributed by atoms with Crippen molar-refractivity contribution < 1.29 is 17.9 Å². The number of carbonyl (C=O) groups excluding carboxylic acids is 1. The van der Waals surface area contributed by atoms with E-state index in [1.165, 1.54) is 6.20 Å². The fraction of sp³-hybridized carbons (Fsp3) is 0.435. The molecule has 3 aromatic rings. The van der Waals surface area contributed by atoms with Crippen LogP contribution in [-0.2, 0) is 10.0 Å². The predicted octanol–water partition coefficient (Wildman–Crippen LogP) is 2.48.